The fourth-order valence-electron chi connectivity index (χ4n) is 2.80. The van der Waals surface area contributed by atoms with E-state index in [2.05, 4.69) is 5.32 Å². The average molecular weight is 288 g/mol. The molecule has 2 saturated heterocycles. The summed E-state index contributed by atoms with van der Waals surface area (Å²) in [5.41, 5.74) is 0. The number of carbonyl (C=O) groups excluding carboxylic acids is 2. The summed E-state index contributed by atoms with van der Waals surface area (Å²) in [5, 5.41) is 1.77. The quantitative estimate of drug-likeness (QED) is 0.755. The summed E-state index contributed by atoms with van der Waals surface area (Å²) < 4.78 is 24.0. The Bertz CT molecular complexity index is 474. The first-order valence-electron chi connectivity index (χ1n) is 6.77. The monoisotopic (exact) mass is 288 g/mol. The lowest BCUT2D eigenvalue weighted by Gasteiger charge is -2.37. The Kier molecular flexibility index (Phi) is 4.13. The van der Waals surface area contributed by atoms with E-state index in [4.69, 9.17) is 0 Å². The number of sulfone groups is 1. The molecule has 7 heteroatoms. The minimum atomic E-state index is -3.34. The van der Waals surface area contributed by atoms with Crippen molar-refractivity contribution in [2.24, 2.45) is 0 Å². The topological polar surface area (TPSA) is 83.6 Å². The molecule has 2 aliphatic heterocycles. The molecular formula is C12H20N2O4S. The Morgan fingerprint density at radius 3 is 2.79 bits per heavy atom. The Morgan fingerprint density at radius 1 is 1.42 bits per heavy atom. The summed E-state index contributed by atoms with van der Waals surface area (Å²) in [7, 11) is -3.34. The summed E-state index contributed by atoms with van der Waals surface area (Å²) in [6, 6.07) is -0.529. The van der Waals surface area contributed by atoms with Crippen LogP contribution in [-0.2, 0) is 19.4 Å². The van der Waals surface area contributed by atoms with Gasteiger partial charge in [0.05, 0.1) is 5.75 Å². The second-order valence-corrected chi connectivity index (χ2v) is 7.40. The van der Waals surface area contributed by atoms with Gasteiger partial charge >= 0.3 is 0 Å². The van der Waals surface area contributed by atoms with Gasteiger partial charge in [0.1, 0.15) is 11.3 Å². The van der Waals surface area contributed by atoms with Crippen molar-refractivity contribution in [1.29, 1.82) is 0 Å². The van der Waals surface area contributed by atoms with Crippen molar-refractivity contribution < 1.29 is 18.0 Å². The predicted molar refractivity (Wildman–Crippen MR) is 70.2 cm³/mol. The van der Waals surface area contributed by atoms with Gasteiger partial charge in [-0.3, -0.25) is 9.59 Å². The van der Waals surface area contributed by atoms with E-state index >= 15 is 0 Å². The van der Waals surface area contributed by atoms with E-state index in [1.54, 1.807) is 0 Å². The molecule has 6 nitrogen and oxygen atoms in total. The second kappa shape index (κ2) is 5.48. The van der Waals surface area contributed by atoms with Crippen molar-refractivity contribution in [3.05, 3.63) is 0 Å². The highest BCUT2D eigenvalue weighted by molar-refractivity contribution is 7.92. The standard InChI is InChI=1S/C12H20N2O4S/c1-2-9-11(15)13-6-7-14(9)12(16)10-5-3-4-8-19(10,17)18/h9-10H,2-8H2,1H3,(H,13,15). The number of piperazine rings is 1. The second-order valence-electron chi connectivity index (χ2n) is 5.10. The molecular weight excluding hydrogens is 268 g/mol. The minimum absolute atomic E-state index is 0.0836. The Hall–Kier alpha value is -1.11. The molecule has 2 rings (SSSR count). The van der Waals surface area contributed by atoms with Gasteiger partial charge < -0.3 is 10.2 Å². The van der Waals surface area contributed by atoms with Crippen LogP contribution >= 0.6 is 0 Å². The van der Waals surface area contributed by atoms with Crippen LogP contribution < -0.4 is 5.32 Å². The number of nitrogens with one attached hydrogen (secondary N) is 1. The van der Waals surface area contributed by atoms with Crippen LogP contribution in [0.2, 0.25) is 0 Å². The fraction of sp³-hybridized carbons (Fsp3) is 0.833. The molecule has 19 heavy (non-hydrogen) atoms. The molecule has 2 unspecified atom stereocenters. The van der Waals surface area contributed by atoms with E-state index in [1.165, 1.54) is 4.90 Å². The van der Waals surface area contributed by atoms with Gasteiger partial charge in [0, 0.05) is 13.1 Å². The maximum absolute atomic E-state index is 12.5. The van der Waals surface area contributed by atoms with Crippen molar-refractivity contribution in [3.63, 3.8) is 0 Å². The molecule has 0 spiro atoms. The number of nitrogens with zero attached hydrogens (tertiary/aromatic N) is 1. The van der Waals surface area contributed by atoms with Crippen LogP contribution in [0.15, 0.2) is 0 Å². The zero-order valence-electron chi connectivity index (χ0n) is 11.1. The van der Waals surface area contributed by atoms with E-state index in [9.17, 15) is 18.0 Å². The lowest BCUT2D eigenvalue weighted by atomic mass is 10.1. The zero-order chi connectivity index (χ0) is 14.0. The third kappa shape index (κ3) is 2.75. The lowest BCUT2D eigenvalue weighted by Crippen LogP contribution is -2.60. The number of hydrogen-bond donors (Lipinski definition) is 1. The van der Waals surface area contributed by atoms with Gasteiger partial charge in [0.25, 0.3) is 0 Å². The molecule has 0 aromatic rings. The smallest absolute Gasteiger partial charge is 0.242 e. The highest BCUT2D eigenvalue weighted by atomic mass is 32.2. The minimum Gasteiger partial charge on any atom is -0.353 e. The van der Waals surface area contributed by atoms with Gasteiger partial charge in [-0.1, -0.05) is 13.3 Å². The van der Waals surface area contributed by atoms with Crippen molar-refractivity contribution in [3.8, 4) is 0 Å². The zero-order valence-corrected chi connectivity index (χ0v) is 11.9. The maximum atomic E-state index is 12.5. The molecule has 0 radical (unpaired) electrons. The molecule has 0 aliphatic carbocycles. The molecule has 2 fully saturated rings. The van der Waals surface area contributed by atoms with E-state index in [0.717, 1.165) is 6.42 Å². The molecule has 2 heterocycles. The first-order valence-corrected chi connectivity index (χ1v) is 8.48. The number of hydrogen-bond acceptors (Lipinski definition) is 4. The molecule has 1 N–H and O–H groups in total. The van der Waals surface area contributed by atoms with Crippen molar-refractivity contribution in [2.45, 2.75) is 43.9 Å². The highest BCUT2D eigenvalue weighted by Crippen LogP contribution is 2.23. The summed E-state index contributed by atoms with van der Waals surface area (Å²) >= 11 is 0. The summed E-state index contributed by atoms with van der Waals surface area (Å²) in [6.45, 7) is 2.62. The predicted octanol–water partition coefficient (Wildman–Crippen LogP) is -0.309. The van der Waals surface area contributed by atoms with E-state index < -0.39 is 21.1 Å². The highest BCUT2D eigenvalue weighted by Gasteiger charge is 2.41. The van der Waals surface area contributed by atoms with Gasteiger partial charge in [-0.25, -0.2) is 8.42 Å². The molecule has 2 atom stereocenters. The number of rotatable bonds is 2. The van der Waals surface area contributed by atoms with Crippen LogP contribution in [0.4, 0.5) is 0 Å². The van der Waals surface area contributed by atoms with Crippen molar-refractivity contribution in [2.75, 3.05) is 18.8 Å². The van der Waals surface area contributed by atoms with Crippen LogP contribution in [0.5, 0.6) is 0 Å². The molecule has 0 saturated carbocycles. The molecule has 0 aromatic carbocycles. The third-order valence-corrected chi connectivity index (χ3v) is 6.02. The maximum Gasteiger partial charge on any atom is 0.242 e. The van der Waals surface area contributed by atoms with Gasteiger partial charge in [-0.15, -0.1) is 0 Å². The fourth-order valence-corrected chi connectivity index (χ4v) is 4.66. The van der Waals surface area contributed by atoms with Gasteiger partial charge in [-0.05, 0) is 19.3 Å². The Labute approximate surface area is 113 Å². The molecule has 2 aliphatic rings. The van der Waals surface area contributed by atoms with Crippen LogP contribution in [0.1, 0.15) is 32.6 Å². The van der Waals surface area contributed by atoms with Crippen LogP contribution in [-0.4, -0.2) is 55.3 Å². The molecule has 108 valence electrons. The van der Waals surface area contributed by atoms with E-state index in [-0.39, 0.29) is 17.6 Å². The van der Waals surface area contributed by atoms with Crippen molar-refractivity contribution in [1.82, 2.24) is 10.2 Å². The number of carbonyl (C=O) groups is 2. The summed E-state index contributed by atoms with van der Waals surface area (Å²) in [5.74, 6) is -0.489. The van der Waals surface area contributed by atoms with E-state index in [0.29, 0.717) is 32.4 Å². The third-order valence-electron chi connectivity index (χ3n) is 3.85. The molecule has 0 aromatic heterocycles. The normalized spacial score (nSPS) is 30.8. The molecule has 0 bridgehead atoms. The first kappa shape index (κ1) is 14.3. The lowest BCUT2D eigenvalue weighted by molar-refractivity contribution is -0.143. The van der Waals surface area contributed by atoms with E-state index in [1.807, 2.05) is 6.92 Å². The Balaban J connectivity index is 2.20. The summed E-state index contributed by atoms with van der Waals surface area (Å²) in [4.78, 5) is 25.6. The van der Waals surface area contributed by atoms with Gasteiger partial charge in [0.15, 0.2) is 9.84 Å². The number of amides is 2. The largest absolute Gasteiger partial charge is 0.353 e. The van der Waals surface area contributed by atoms with Crippen LogP contribution in [0.3, 0.4) is 0 Å². The Morgan fingerprint density at radius 2 is 2.16 bits per heavy atom. The van der Waals surface area contributed by atoms with Crippen LogP contribution in [0.25, 0.3) is 0 Å². The SMILES string of the molecule is CCC1C(=O)NCCN1C(=O)C1CCCCS1(=O)=O. The van der Waals surface area contributed by atoms with Crippen LogP contribution in [0, 0.1) is 0 Å². The van der Waals surface area contributed by atoms with Gasteiger partial charge in [-0.2, -0.15) is 0 Å². The average Bonchev–Trinajstić information content (AvgIpc) is 2.37. The van der Waals surface area contributed by atoms with Gasteiger partial charge in [0.2, 0.25) is 11.8 Å². The molecule has 2 amide bonds. The first-order chi connectivity index (χ1) is 8.97. The van der Waals surface area contributed by atoms with Crippen molar-refractivity contribution >= 4 is 21.7 Å². The summed E-state index contributed by atoms with van der Waals surface area (Å²) in [6.07, 6.45) is 2.27.